The normalized spacial score (nSPS) is 15.2. The van der Waals surface area contributed by atoms with Gasteiger partial charge in [0.25, 0.3) is 5.91 Å². The summed E-state index contributed by atoms with van der Waals surface area (Å²) in [5, 5.41) is 8.82. The quantitative estimate of drug-likeness (QED) is 0.306. The van der Waals surface area contributed by atoms with Gasteiger partial charge in [-0.15, -0.1) is 6.58 Å². The van der Waals surface area contributed by atoms with Gasteiger partial charge in [0.1, 0.15) is 23.3 Å². The van der Waals surface area contributed by atoms with Crippen LogP contribution in [-0.4, -0.2) is 71.8 Å². The van der Waals surface area contributed by atoms with Gasteiger partial charge in [-0.3, -0.25) is 9.79 Å². The SMILES string of the molecule is C=CCNC(=O)c1cnc(N/C(C=NC)=C/N)nc1Nc1cccc(OC2CCN(C)CC2)n1. The van der Waals surface area contributed by atoms with Gasteiger partial charge >= 0.3 is 0 Å². The van der Waals surface area contributed by atoms with Crippen LogP contribution < -0.4 is 26.4 Å². The molecule has 2 aromatic heterocycles. The van der Waals surface area contributed by atoms with Crippen molar-refractivity contribution in [3.05, 3.63) is 54.5 Å². The lowest BCUT2D eigenvalue weighted by Crippen LogP contribution is -2.35. The highest BCUT2D eigenvalue weighted by Gasteiger charge is 2.19. The number of aliphatic imine (C=N–C) groups is 1. The zero-order valence-corrected chi connectivity index (χ0v) is 19.5. The van der Waals surface area contributed by atoms with E-state index in [1.807, 2.05) is 12.1 Å². The van der Waals surface area contributed by atoms with Crippen molar-refractivity contribution < 1.29 is 9.53 Å². The number of rotatable bonds is 10. The number of nitrogens with one attached hydrogen (secondary N) is 3. The Kier molecular flexibility index (Phi) is 8.92. The highest BCUT2D eigenvalue weighted by Crippen LogP contribution is 2.22. The minimum Gasteiger partial charge on any atom is -0.474 e. The Hall–Kier alpha value is -3.99. The number of carbonyl (C=O) groups excluding carboxylic acids is 1. The van der Waals surface area contributed by atoms with E-state index < -0.39 is 0 Å². The van der Waals surface area contributed by atoms with Crippen LogP contribution in [-0.2, 0) is 0 Å². The molecular formula is C23H31N9O2. The molecule has 3 heterocycles. The number of pyridine rings is 1. The van der Waals surface area contributed by atoms with Crippen molar-refractivity contribution >= 4 is 29.7 Å². The smallest absolute Gasteiger partial charge is 0.256 e. The Morgan fingerprint density at radius 3 is 2.85 bits per heavy atom. The van der Waals surface area contributed by atoms with Crippen molar-refractivity contribution in [2.24, 2.45) is 10.7 Å². The molecule has 180 valence electrons. The maximum absolute atomic E-state index is 12.7. The first kappa shape index (κ1) is 24.6. The van der Waals surface area contributed by atoms with Crippen molar-refractivity contribution in [3.8, 4) is 5.88 Å². The molecule has 0 bridgehead atoms. The fraction of sp³-hybridized carbons (Fsp3) is 0.348. The van der Waals surface area contributed by atoms with E-state index in [4.69, 9.17) is 10.5 Å². The summed E-state index contributed by atoms with van der Waals surface area (Å²) >= 11 is 0. The number of hydrogen-bond donors (Lipinski definition) is 4. The van der Waals surface area contributed by atoms with Crippen LogP contribution in [0.2, 0.25) is 0 Å². The fourth-order valence-electron chi connectivity index (χ4n) is 3.29. The molecule has 5 N–H and O–H groups in total. The molecule has 0 radical (unpaired) electrons. The first-order chi connectivity index (χ1) is 16.5. The molecule has 0 unspecified atom stereocenters. The van der Waals surface area contributed by atoms with E-state index in [0.29, 0.717) is 23.9 Å². The third-order valence-corrected chi connectivity index (χ3v) is 5.07. The summed E-state index contributed by atoms with van der Waals surface area (Å²) in [7, 11) is 3.73. The molecule has 11 nitrogen and oxygen atoms in total. The molecule has 1 aliphatic heterocycles. The number of aromatic nitrogens is 3. The highest BCUT2D eigenvalue weighted by atomic mass is 16.5. The number of anilines is 3. The monoisotopic (exact) mass is 465 g/mol. The van der Waals surface area contributed by atoms with Crippen molar-refractivity contribution in [2.45, 2.75) is 18.9 Å². The molecule has 1 amide bonds. The summed E-state index contributed by atoms with van der Waals surface area (Å²) in [6.07, 6.45) is 7.91. The van der Waals surface area contributed by atoms with E-state index in [9.17, 15) is 4.79 Å². The second kappa shape index (κ2) is 12.3. The lowest BCUT2D eigenvalue weighted by molar-refractivity contribution is 0.0958. The maximum atomic E-state index is 12.7. The van der Waals surface area contributed by atoms with Gasteiger partial charge in [0.2, 0.25) is 11.8 Å². The summed E-state index contributed by atoms with van der Waals surface area (Å²) in [6, 6.07) is 5.43. The van der Waals surface area contributed by atoms with Gasteiger partial charge in [-0.1, -0.05) is 12.1 Å². The number of nitrogens with zero attached hydrogens (tertiary/aromatic N) is 5. The van der Waals surface area contributed by atoms with Gasteiger partial charge < -0.3 is 31.3 Å². The van der Waals surface area contributed by atoms with Crippen molar-refractivity contribution in [3.63, 3.8) is 0 Å². The number of nitrogens with two attached hydrogens (primary N) is 1. The van der Waals surface area contributed by atoms with Gasteiger partial charge in [-0.25, -0.2) is 4.98 Å². The third-order valence-electron chi connectivity index (χ3n) is 5.07. The number of likely N-dealkylation sites (tertiary alicyclic amines) is 1. The van der Waals surface area contributed by atoms with Crippen LogP contribution in [0.5, 0.6) is 5.88 Å². The van der Waals surface area contributed by atoms with Crippen LogP contribution >= 0.6 is 0 Å². The summed E-state index contributed by atoms with van der Waals surface area (Å²) in [6.45, 7) is 5.91. The van der Waals surface area contributed by atoms with Crippen LogP contribution in [0.1, 0.15) is 23.2 Å². The zero-order valence-electron chi connectivity index (χ0n) is 19.5. The molecule has 0 aliphatic carbocycles. The fourth-order valence-corrected chi connectivity index (χ4v) is 3.29. The summed E-state index contributed by atoms with van der Waals surface area (Å²) in [4.78, 5) is 32.1. The average Bonchev–Trinajstić information content (AvgIpc) is 2.84. The number of allylic oxidation sites excluding steroid dienone is 1. The topological polar surface area (TPSA) is 143 Å². The third kappa shape index (κ3) is 7.01. The van der Waals surface area contributed by atoms with Crippen molar-refractivity contribution in [1.82, 2.24) is 25.2 Å². The molecule has 1 saturated heterocycles. The number of amides is 1. The first-order valence-electron chi connectivity index (χ1n) is 11.0. The lowest BCUT2D eigenvalue weighted by atomic mass is 10.1. The minimum absolute atomic E-state index is 0.121. The largest absolute Gasteiger partial charge is 0.474 e. The van der Waals surface area contributed by atoms with E-state index in [2.05, 4.69) is 54.4 Å². The summed E-state index contributed by atoms with van der Waals surface area (Å²) in [5.41, 5.74) is 6.37. The predicted molar refractivity (Wildman–Crippen MR) is 134 cm³/mol. The molecule has 0 saturated carbocycles. The standard InChI is InChI=1S/C23H31N9O2/c1-4-10-26-22(33)18-15-27-23(28-16(13-24)14-25-2)31-21(18)30-19-6-5-7-20(29-19)34-17-8-11-32(3)12-9-17/h4-7,13-15,17H,1,8-12,24H2,2-3H3,(H,26,33)(H2,27,28,29,30,31)/b16-13+,25-14?. The molecule has 0 spiro atoms. The van der Waals surface area contributed by atoms with Crippen LogP contribution in [0, 0.1) is 0 Å². The molecular weight excluding hydrogens is 434 g/mol. The molecule has 3 rings (SSSR count). The Bertz CT molecular complexity index is 1050. The van der Waals surface area contributed by atoms with Crippen LogP contribution in [0.15, 0.2) is 53.9 Å². The van der Waals surface area contributed by atoms with Gasteiger partial charge in [0.15, 0.2) is 0 Å². The summed E-state index contributed by atoms with van der Waals surface area (Å²) < 4.78 is 6.08. The van der Waals surface area contributed by atoms with Crippen LogP contribution in [0.25, 0.3) is 0 Å². The first-order valence-corrected chi connectivity index (χ1v) is 11.0. The number of piperidine rings is 1. The molecule has 1 aliphatic rings. The van der Waals surface area contributed by atoms with Gasteiger partial charge in [-0.2, -0.15) is 9.97 Å². The van der Waals surface area contributed by atoms with Gasteiger partial charge in [0, 0.05) is 51.4 Å². The Balaban J connectivity index is 1.83. The second-order valence-corrected chi connectivity index (χ2v) is 7.70. The highest BCUT2D eigenvalue weighted by molar-refractivity contribution is 5.99. The van der Waals surface area contributed by atoms with Crippen LogP contribution in [0.4, 0.5) is 17.6 Å². The van der Waals surface area contributed by atoms with Crippen molar-refractivity contribution in [2.75, 3.05) is 44.4 Å². The van der Waals surface area contributed by atoms with E-state index in [0.717, 1.165) is 25.9 Å². The van der Waals surface area contributed by atoms with E-state index in [1.54, 1.807) is 19.2 Å². The second-order valence-electron chi connectivity index (χ2n) is 7.70. The molecule has 0 aromatic carbocycles. The molecule has 11 heteroatoms. The minimum atomic E-state index is -0.350. The van der Waals surface area contributed by atoms with Crippen molar-refractivity contribution in [1.29, 1.82) is 0 Å². The van der Waals surface area contributed by atoms with E-state index in [1.165, 1.54) is 18.6 Å². The molecule has 2 aromatic rings. The molecule has 1 fully saturated rings. The lowest BCUT2D eigenvalue weighted by Gasteiger charge is -2.29. The van der Waals surface area contributed by atoms with Gasteiger partial charge in [0.05, 0.1) is 5.70 Å². The average molecular weight is 466 g/mol. The predicted octanol–water partition coefficient (Wildman–Crippen LogP) is 1.92. The Morgan fingerprint density at radius 2 is 2.15 bits per heavy atom. The Labute approximate surface area is 199 Å². The number of hydrogen-bond acceptors (Lipinski definition) is 10. The number of ether oxygens (including phenoxy) is 1. The molecule has 0 atom stereocenters. The molecule has 34 heavy (non-hydrogen) atoms. The number of carbonyl (C=O) groups is 1. The van der Waals surface area contributed by atoms with Crippen LogP contribution in [0.3, 0.4) is 0 Å². The maximum Gasteiger partial charge on any atom is 0.256 e. The van der Waals surface area contributed by atoms with Gasteiger partial charge in [-0.05, 0) is 26.0 Å². The zero-order chi connectivity index (χ0) is 24.3. The summed E-state index contributed by atoms with van der Waals surface area (Å²) in [5.74, 6) is 1.15. The van der Waals surface area contributed by atoms with E-state index >= 15 is 0 Å². The Morgan fingerprint density at radius 1 is 1.35 bits per heavy atom. The van der Waals surface area contributed by atoms with E-state index in [-0.39, 0.29) is 29.3 Å².